The largest absolute Gasteiger partial charge is 0.313 e. The molecule has 0 aliphatic rings. The Morgan fingerprint density at radius 3 is 2.58 bits per heavy atom. The lowest BCUT2D eigenvalue weighted by atomic mass is 10.1. The van der Waals surface area contributed by atoms with E-state index in [9.17, 15) is 4.39 Å². The third kappa shape index (κ3) is 7.33. The molecule has 0 saturated heterocycles. The topological polar surface area (TPSA) is 12.0 Å². The summed E-state index contributed by atoms with van der Waals surface area (Å²) in [6.07, 6.45) is 0.870. The summed E-state index contributed by atoms with van der Waals surface area (Å²) in [4.78, 5) is 0. The Morgan fingerprint density at radius 1 is 1.26 bits per heavy atom. The van der Waals surface area contributed by atoms with Crippen molar-refractivity contribution in [2.75, 3.05) is 18.1 Å². The van der Waals surface area contributed by atoms with E-state index >= 15 is 0 Å². The van der Waals surface area contributed by atoms with E-state index < -0.39 is 0 Å². The van der Waals surface area contributed by atoms with Crippen molar-refractivity contribution in [1.82, 2.24) is 5.32 Å². The standard InChI is InChI=1S/C15H23BrFNS/c1-4-18-15(10-19-9-11(2)3)7-12-5-13(16)8-14(17)6-12/h5-6,8,11,15,18H,4,7,9-10H2,1-3H3. The van der Waals surface area contributed by atoms with Crippen LogP contribution in [0.1, 0.15) is 26.3 Å². The summed E-state index contributed by atoms with van der Waals surface area (Å²) in [5.74, 6) is 2.79. The Kier molecular flexibility index (Phi) is 8.03. The van der Waals surface area contributed by atoms with Gasteiger partial charge in [-0.25, -0.2) is 4.39 Å². The molecule has 1 N–H and O–H groups in total. The molecule has 108 valence electrons. The van der Waals surface area contributed by atoms with Gasteiger partial charge in [0.1, 0.15) is 5.82 Å². The van der Waals surface area contributed by atoms with E-state index in [1.807, 2.05) is 17.8 Å². The number of halogens is 2. The number of likely N-dealkylation sites (N-methyl/N-ethyl adjacent to an activating group) is 1. The average molecular weight is 348 g/mol. The lowest BCUT2D eigenvalue weighted by Gasteiger charge is -2.18. The van der Waals surface area contributed by atoms with Gasteiger partial charge in [0.2, 0.25) is 0 Å². The second-order valence-corrected chi connectivity index (χ2v) is 7.16. The summed E-state index contributed by atoms with van der Waals surface area (Å²) in [6, 6.07) is 5.53. The molecule has 1 nitrogen and oxygen atoms in total. The van der Waals surface area contributed by atoms with Crippen LogP contribution in [-0.4, -0.2) is 24.1 Å². The van der Waals surface area contributed by atoms with E-state index in [1.165, 1.54) is 11.8 Å². The predicted molar refractivity (Wildman–Crippen MR) is 87.4 cm³/mol. The predicted octanol–water partition coefficient (Wildman–Crippen LogP) is 4.50. The minimum Gasteiger partial charge on any atom is -0.313 e. The summed E-state index contributed by atoms with van der Waals surface area (Å²) >= 11 is 5.32. The molecule has 0 aliphatic carbocycles. The van der Waals surface area contributed by atoms with Crippen molar-refractivity contribution in [3.05, 3.63) is 34.1 Å². The van der Waals surface area contributed by atoms with Crippen molar-refractivity contribution in [3.63, 3.8) is 0 Å². The van der Waals surface area contributed by atoms with Gasteiger partial charge < -0.3 is 5.32 Å². The van der Waals surface area contributed by atoms with Gasteiger partial charge in [-0.1, -0.05) is 36.7 Å². The van der Waals surface area contributed by atoms with E-state index in [4.69, 9.17) is 0 Å². The highest BCUT2D eigenvalue weighted by atomic mass is 79.9. The summed E-state index contributed by atoms with van der Waals surface area (Å²) < 4.78 is 14.2. The molecule has 0 aliphatic heterocycles. The molecule has 0 heterocycles. The molecular formula is C15H23BrFNS. The number of hydrogen-bond donors (Lipinski definition) is 1. The molecule has 0 radical (unpaired) electrons. The maximum absolute atomic E-state index is 13.4. The van der Waals surface area contributed by atoms with Crippen molar-refractivity contribution >= 4 is 27.7 Å². The highest BCUT2D eigenvalue weighted by molar-refractivity contribution is 9.10. The molecule has 0 saturated carbocycles. The second-order valence-electron chi connectivity index (χ2n) is 5.17. The number of thioether (sulfide) groups is 1. The Morgan fingerprint density at radius 2 is 2.00 bits per heavy atom. The molecule has 4 heteroatoms. The first kappa shape index (κ1) is 17.0. The van der Waals surface area contributed by atoms with Gasteiger partial charge in [-0.3, -0.25) is 0 Å². The van der Waals surface area contributed by atoms with Gasteiger partial charge in [0.25, 0.3) is 0 Å². The molecule has 0 spiro atoms. The quantitative estimate of drug-likeness (QED) is 0.742. The molecular weight excluding hydrogens is 325 g/mol. The number of nitrogens with one attached hydrogen (secondary N) is 1. The molecule has 0 fully saturated rings. The van der Waals surface area contributed by atoms with Crippen molar-refractivity contribution in [2.24, 2.45) is 5.92 Å². The van der Waals surface area contributed by atoms with Gasteiger partial charge in [0.05, 0.1) is 0 Å². The van der Waals surface area contributed by atoms with E-state index in [2.05, 4.69) is 42.0 Å². The molecule has 0 aromatic heterocycles. The zero-order chi connectivity index (χ0) is 14.3. The fourth-order valence-corrected chi connectivity index (χ4v) is 3.58. The summed E-state index contributed by atoms with van der Waals surface area (Å²) in [5.41, 5.74) is 1.04. The normalized spacial score (nSPS) is 12.9. The first-order valence-corrected chi connectivity index (χ1v) is 8.72. The van der Waals surface area contributed by atoms with Gasteiger partial charge in [-0.2, -0.15) is 11.8 Å². The van der Waals surface area contributed by atoms with Crippen LogP contribution in [0.25, 0.3) is 0 Å². The van der Waals surface area contributed by atoms with Crippen LogP contribution in [0.3, 0.4) is 0 Å². The highest BCUT2D eigenvalue weighted by Gasteiger charge is 2.10. The third-order valence-corrected chi connectivity index (χ3v) is 4.67. The third-order valence-electron chi connectivity index (χ3n) is 2.67. The Hall–Kier alpha value is -0.0600. The number of hydrogen-bond acceptors (Lipinski definition) is 2. The highest BCUT2D eigenvalue weighted by Crippen LogP contribution is 2.18. The average Bonchev–Trinajstić information content (AvgIpc) is 2.27. The van der Waals surface area contributed by atoms with Crippen LogP contribution < -0.4 is 5.32 Å². The zero-order valence-electron chi connectivity index (χ0n) is 11.9. The first-order valence-electron chi connectivity index (χ1n) is 6.77. The Labute approximate surface area is 128 Å². The van der Waals surface area contributed by atoms with Crippen molar-refractivity contribution in [1.29, 1.82) is 0 Å². The minimum absolute atomic E-state index is 0.172. The molecule has 0 bridgehead atoms. The van der Waals surface area contributed by atoms with Gasteiger partial charge in [-0.15, -0.1) is 0 Å². The van der Waals surface area contributed by atoms with E-state index in [0.29, 0.717) is 6.04 Å². The van der Waals surface area contributed by atoms with Gasteiger partial charge in [0.15, 0.2) is 0 Å². The maximum atomic E-state index is 13.4. The molecule has 1 unspecified atom stereocenters. The molecule has 1 rings (SSSR count). The van der Waals surface area contributed by atoms with Crippen LogP contribution in [0, 0.1) is 11.7 Å². The molecule has 1 aromatic rings. The van der Waals surface area contributed by atoms with E-state index in [0.717, 1.165) is 34.7 Å². The van der Waals surface area contributed by atoms with Crippen molar-refractivity contribution in [2.45, 2.75) is 33.2 Å². The minimum atomic E-state index is -0.172. The molecule has 1 atom stereocenters. The Balaban J connectivity index is 2.56. The summed E-state index contributed by atoms with van der Waals surface area (Å²) in [6.45, 7) is 7.53. The van der Waals surface area contributed by atoms with Crippen molar-refractivity contribution in [3.8, 4) is 0 Å². The van der Waals surface area contributed by atoms with Crippen LogP contribution in [0.4, 0.5) is 4.39 Å². The van der Waals surface area contributed by atoms with Gasteiger partial charge >= 0.3 is 0 Å². The number of benzene rings is 1. The fourth-order valence-electron chi connectivity index (χ4n) is 1.94. The lowest BCUT2D eigenvalue weighted by molar-refractivity contribution is 0.567. The van der Waals surface area contributed by atoms with E-state index in [1.54, 1.807) is 6.07 Å². The van der Waals surface area contributed by atoms with Crippen LogP contribution in [-0.2, 0) is 6.42 Å². The molecule has 19 heavy (non-hydrogen) atoms. The first-order chi connectivity index (χ1) is 9.01. The summed E-state index contributed by atoms with van der Waals surface area (Å²) in [7, 11) is 0. The van der Waals surface area contributed by atoms with Gasteiger partial charge in [0, 0.05) is 16.3 Å². The monoisotopic (exact) mass is 347 g/mol. The van der Waals surface area contributed by atoms with Gasteiger partial charge in [-0.05, 0) is 48.4 Å². The molecule has 0 amide bonds. The summed E-state index contributed by atoms with van der Waals surface area (Å²) in [5, 5.41) is 3.49. The van der Waals surface area contributed by atoms with Crippen LogP contribution in [0.5, 0.6) is 0 Å². The van der Waals surface area contributed by atoms with Crippen LogP contribution in [0.2, 0.25) is 0 Å². The smallest absolute Gasteiger partial charge is 0.124 e. The molecule has 1 aromatic carbocycles. The Bertz CT molecular complexity index is 364. The SMILES string of the molecule is CCNC(CSCC(C)C)Cc1cc(F)cc(Br)c1. The lowest BCUT2D eigenvalue weighted by Crippen LogP contribution is -2.33. The fraction of sp³-hybridized carbons (Fsp3) is 0.600. The van der Waals surface area contributed by atoms with Crippen LogP contribution in [0.15, 0.2) is 22.7 Å². The zero-order valence-corrected chi connectivity index (χ0v) is 14.3. The van der Waals surface area contributed by atoms with E-state index in [-0.39, 0.29) is 5.82 Å². The maximum Gasteiger partial charge on any atom is 0.124 e. The van der Waals surface area contributed by atoms with Crippen molar-refractivity contribution < 1.29 is 4.39 Å². The van der Waals surface area contributed by atoms with Crippen LogP contribution >= 0.6 is 27.7 Å². The number of rotatable bonds is 8. The second kappa shape index (κ2) is 8.98.